The maximum absolute atomic E-state index is 13.2. The summed E-state index contributed by atoms with van der Waals surface area (Å²) in [6.45, 7) is 4.17. The number of aromatic nitrogens is 4. The standard InChI is InChI=1S/C28H30N6O/c1-21-7-5-6-10-26(21)24-13-11-23(12-14-24)18-33-19-25(34-20-30-31-32-34)17-27(33)28(35)29-16-15-22-8-3-2-4-9-22/h2-14,20,25,27H,15-19H2,1H3,(H,29,35)/t25-,27-/m0/s1. The first-order valence-electron chi connectivity index (χ1n) is 12.1. The highest BCUT2D eigenvalue weighted by atomic mass is 16.2. The van der Waals surface area contributed by atoms with E-state index in [1.165, 1.54) is 27.8 Å². The van der Waals surface area contributed by atoms with Crippen molar-refractivity contribution in [1.82, 2.24) is 30.4 Å². The molecule has 35 heavy (non-hydrogen) atoms. The number of amides is 1. The van der Waals surface area contributed by atoms with Crippen LogP contribution in [0.25, 0.3) is 11.1 Å². The fraction of sp³-hybridized carbons (Fsp3) is 0.286. The van der Waals surface area contributed by atoms with Gasteiger partial charge in [-0.3, -0.25) is 9.69 Å². The van der Waals surface area contributed by atoms with Crippen LogP contribution in [0.5, 0.6) is 0 Å². The van der Waals surface area contributed by atoms with Crippen LogP contribution in [0.3, 0.4) is 0 Å². The number of rotatable bonds is 8. The number of likely N-dealkylation sites (tertiary alicyclic amines) is 1. The van der Waals surface area contributed by atoms with Gasteiger partial charge in [0.05, 0.1) is 12.1 Å². The quantitative estimate of drug-likeness (QED) is 0.427. The van der Waals surface area contributed by atoms with Gasteiger partial charge in [0.2, 0.25) is 5.91 Å². The van der Waals surface area contributed by atoms with E-state index in [0.29, 0.717) is 19.5 Å². The Bertz CT molecular complexity index is 1240. The van der Waals surface area contributed by atoms with Gasteiger partial charge in [-0.2, -0.15) is 0 Å². The molecular formula is C28H30N6O. The minimum absolute atomic E-state index is 0.0630. The number of hydrogen-bond acceptors (Lipinski definition) is 5. The highest BCUT2D eigenvalue weighted by Crippen LogP contribution is 2.29. The van der Waals surface area contributed by atoms with E-state index in [0.717, 1.165) is 13.0 Å². The lowest BCUT2D eigenvalue weighted by atomic mass is 9.99. The largest absolute Gasteiger partial charge is 0.354 e. The molecule has 2 heterocycles. The van der Waals surface area contributed by atoms with Crippen molar-refractivity contribution in [2.24, 2.45) is 0 Å². The first kappa shape index (κ1) is 22.9. The number of hydrogen-bond donors (Lipinski definition) is 1. The molecule has 7 heteroatoms. The van der Waals surface area contributed by atoms with Gasteiger partial charge in [-0.05, 0) is 58.0 Å². The van der Waals surface area contributed by atoms with Crippen molar-refractivity contribution >= 4 is 5.91 Å². The molecule has 1 aliphatic rings. The van der Waals surface area contributed by atoms with E-state index in [-0.39, 0.29) is 18.0 Å². The van der Waals surface area contributed by atoms with Gasteiger partial charge < -0.3 is 5.32 Å². The molecule has 4 aromatic rings. The zero-order valence-corrected chi connectivity index (χ0v) is 19.9. The van der Waals surface area contributed by atoms with Crippen molar-refractivity contribution in [3.05, 3.63) is 102 Å². The molecule has 0 unspecified atom stereocenters. The SMILES string of the molecule is Cc1ccccc1-c1ccc(CN2C[C@@H](n3cnnn3)C[C@H]2C(=O)NCCc2ccccc2)cc1. The third-order valence-corrected chi connectivity index (χ3v) is 6.77. The maximum Gasteiger partial charge on any atom is 0.237 e. The first-order chi connectivity index (χ1) is 17.2. The fourth-order valence-electron chi connectivity index (χ4n) is 4.87. The van der Waals surface area contributed by atoms with Gasteiger partial charge in [-0.25, -0.2) is 4.68 Å². The topological polar surface area (TPSA) is 75.9 Å². The van der Waals surface area contributed by atoms with Gasteiger partial charge in [0.25, 0.3) is 0 Å². The molecule has 178 valence electrons. The van der Waals surface area contributed by atoms with Crippen LogP contribution < -0.4 is 5.32 Å². The van der Waals surface area contributed by atoms with E-state index < -0.39 is 0 Å². The van der Waals surface area contributed by atoms with E-state index in [2.05, 4.69) is 93.3 Å². The lowest BCUT2D eigenvalue weighted by Gasteiger charge is -2.23. The summed E-state index contributed by atoms with van der Waals surface area (Å²) in [5, 5.41) is 14.8. The molecule has 1 amide bonds. The minimum Gasteiger partial charge on any atom is -0.354 e. The molecule has 0 spiro atoms. The maximum atomic E-state index is 13.2. The first-order valence-corrected chi connectivity index (χ1v) is 12.1. The van der Waals surface area contributed by atoms with Crippen LogP contribution in [0, 0.1) is 6.92 Å². The number of tetrazole rings is 1. The Hall–Kier alpha value is -3.84. The summed E-state index contributed by atoms with van der Waals surface area (Å²) in [6, 6.07) is 27.1. The lowest BCUT2D eigenvalue weighted by molar-refractivity contribution is -0.125. The van der Waals surface area contributed by atoms with Crippen LogP contribution in [0.15, 0.2) is 85.2 Å². The van der Waals surface area contributed by atoms with Gasteiger partial charge >= 0.3 is 0 Å². The lowest BCUT2D eigenvalue weighted by Crippen LogP contribution is -2.43. The molecule has 1 N–H and O–H groups in total. The monoisotopic (exact) mass is 466 g/mol. The van der Waals surface area contributed by atoms with Gasteiger partial charge in [0, 0.05) is 19.6 Å². The van der Waals surface area contributed by atoms with Gasteiger partial charge in [-0.15, -0.1) is 5.10 Å². The molecule has 0 saturated carbocycles. The summed E-state index contributed by atoms with van der Waals surface area (Å²) in [6.07, 6.45) is 3.13. The zero-order valence-electron chi connectivity index (χ0n) is 19.9. The molecule has 0 aliphatic carbocycles. The van der Waals surface area contributed by atoms with Crippen molar-refractivity contribution < 1.29 is 4.79 Å². The highest BCUT2D eigenvalue weighted by molar-refractivity contribution is 5.82. The Morgan fingerprint density at radius 3 is 2.49 bits per heavy atom. The Labute approximate surface area is 205 Å². The molecular weight excluding hydrogens is 436 g/mol. The molecule has 5 rings (SSSR count). The summed E-state index contributed by atoms with van der Waals surface area (Å²) >= 11 is 0. The molecule has 1 saturated heterocycles. The average Bonchev–Trinajstić information content (AvgIpc) is 3.56. The Morgan fingerprint density at radius 1 is 0.971 bits per heavy atom. The van der Waals surface area contributed by atoms with E-state index in [4.69, 9.17) is 0 Å². The summed E-state index contributed by atoms with van der Waals surface area (Å²) in [5.74, 6) is 0.0630. The molecule has 7 nitrogen and oxygen atoms in total. The van der Waals surface area contributed by atoms with Crippen LogP contribution in [-0.4, -0.2) is 50.1 Å². The van der Waals surface area contributed by atoms with E-state index in [9.17, 15) is 4.79 Å². The number of aryl methyl sites for hydroxylation is 1. The predicted molar refractivity (Wildman–Crippen MR) is 135 cm³/mol. The number of nitrogens with zero attached hydrogens (tertiary/aromatic N) is 5. The summed E-state index contributed by atoms with van der Waals surface area (Å²) in [5.41, 5.74) is 6.11. The van der Waals surface area contributed by atoms with Gasteiger partial charge in [-0.1, -0.05) is 78.9 Å². The summed E-state index contributed by atoms with van der Waals surface area (Å²) < 4.78 is 1.77. The molecule has 1 aromatic heterocycles. The minimum atomic E-state index is -0.226. The molecule has 3 aromatic carbocycles. The van der Waals surface area contributed by atoms with Gasteiger partial charge in [0.15, 0.2) is 0 Å². The molecule has 2 atom stereocenters. The van der Waals surface area contributed by atoms with Crippen molar-refractivity contribution in [3.8, 4) is 11.1 Å². The Morgan fingerprint density at radius 2 is 1.74 bits per heavy atom. The molecule has 1 aliphatic heterocycles. The van der Waals surface area contributed by atoms with Crippen LogP contribution >= 0.6 is 0 Å². The van der Waals surface area contributed by atoms with Crippen LogP contribution in [0.2, 0.25) is 0 Å². The second-order valence-electron chi connectivity index (χ2n) is 9.16. The third kappa shape index (κ3) is 5.46. The van der Waals surface area contributed by atoms with Crippen LogP contribution in [0.1, 0.15) is 29.2 Å². The normalized spacial score (nSPS) is 18.0. The number of carbonyl (C=O) groups is 1. The number of benzene rings is 3. The van der Waals surface area contributed by atoms with Crippen LogP contribution in [0.4, 0.5) is 0 Å². The fourth-order valence-corrected chi connectivity index (χ4v) is 4.87. The van der Waals surface area contributed by atoms with Crippen molar-refractivity contribution in [2.45, 2.75) is 38.4 Å². The summed E-state index contributed by atoms with van der Waals surface area (Å²) in [4.78, 5) is 15.5. The van der Waals surface area contributed by atoms with Crippen LogP contribution in [-0.2, 0) is 17.8 Å². The van der Waals surface area contributed by atoms with Crippen molar-refractivity contribution in [1.29, 1.82) is 0 Å². The van der Waals surface area contributed by atoms with E-state index >= 15 is 0 Å². The van der Waals surface area contributed by atoms with E-state index in [1.807, 2.05) is 18.2 Å². The third-order valence-electron chi connectivity index (χ3n) is 6.77. The average molecular weight is 467 g/mol. The van der Waals surface area contributed by atoms with E-state index in [1.54, 1.807) is 11.0 Å². The molecule has 1 fully saturated rings. The predicted octanol–water partition coefficient (Wildman–Crippen LogP) is 3.82. The Kier molecular flexibility index (Phi) is 6.95. The zero-order chi connectivity index (χ0) is 24.0. The molecule has 0 bridgehead atoms. The van der Waals surface area contributed by atoms with Crippen molar-refractivity contribution in [2.75, 3.05) is 13.1 Å². The number of nitrogens with one attached hydrogen (secondary N) is 1. The summed E-state index contributed by atoms with van der Waals surface area (Å²) in [7, 11) is 0. The highest BCUT2D eigenvalue weighted by Gasteiger charge is 2.38. The molecule has 0 radical (unpaired) electrons. The van der Waals surface area contributed by atoms with Gasteiger partial charge in [0.1, 0.15) is 6.33 Å². The second kappa shape index (κ2) is 10.6. The smallest absolute Gasteiger partial charge is 0.237 e. The number of carbonyl (C=O) groups excluding carboxylic acids is 1. The van der Waals surface area contributed by atoms with Crippen molar-refractivity contribution in [3.63, 3.8) is 0 Å². The second-order valence-corrected chi connectivity index (χ2v) is 9.16. The Balaban J connectivity index is 1.27.